The molecule has 1 saturated heterocycles. The van der Waals surface area contributed by atoms with Gasteiger partial charge in [-0.3, -0.25) is 4.79 Å². The summed E-state index contributed by atoms with van der Waals surface area (Å²) in [4.78, 5) is 19.2. The SMILES string of the molecule is CCc1nccn1CCC(=O)N1CC[C@@]2(C)C[C@H](OC)CC[C@@H]12. The maximum absolute atomic E-state index is 12.7. The van der Waals surface area contributed by atoms with Crippen LogP contribution in [0.4, 0.5) is 0 Å². The van der Waals surface area contributed by atoms with Gasteiger partial charge in [-0.05, 0) is 31.1 Å². The van der Waals surface area contributed by atoms with Gasteiger partial charge in [-0.1, -0.05) is 13.8 Å². The van der Waals surface area contributed by atoms with Gasteiger partial charge in [0.15, 0.2) is 0 Å². The lowest BCUT2D eigenvalue weighted by molar-refractivity contribution is -0.134. The minimum atomic E-state index is 0.234. The summed E-state index contributed by atoms with van der Waals surface area (Å²) in [6, 6.07) is 0.398. The number of ether oxygens (including phenoxy) is 1. The molecule has 3 atom stereocenters. The van der Waals surface area contributed by atoms with Crippen molar-refractivity contribution in [1.82, 2.24) is 14.5 Å². The van der Waals surface area contributed by atoms with Crippen LogP contribution in [0.3, 0.4) is 0 Å². The van der Waals surface area contributed by atoms with Crippen LogP contribution in [0.1, 0.15) is 51.8 Å². The van der Waals surface area contributed by atoms with E-state index in [0.717, 1.165) is 51.0 Å². The van der Waals surface area contributed by atoms with Gasteiger partial charge >= 0.3 is 0 Å². The predicted molar refractivity (Wildman–Crippen MR) is 89.1 cm³/mol. The summed E-state index contributed by atoms with van der Waals surface area (Å²) < 4.78 is 7.67. The molecule has 0 radical (unpaired) electrons. The summed E-state index contributed by atoms with van der Waals surface area (Å²) in [5.41, 5.74) is 0.234. The molecule has 3 rings (SSSR count). The number of aromatic nitrogens is 2. The van der Waals surface area contributed by atoms with E-state index < -0.39 is 0 Å². The molecule has 1 saturated carbocycles. The number of nitrogens with zero attached hydrogens (tertiary/aromatic N) is 3. The highest BCUT2D eigenvalue weighted by Gasteiger charge is 2.48. The lowest BCUT2D eigenvalue weighted by Gasteiger charge is -2.42. The van der Waals surface area contributed by atoms with Crippen LogP contribution in [-0.2, 0) is 22.5 Å². The second-order valence-corrected chi connectivity index (χ2v) is 7.29. The monoisotopic (exact) mass is 319 g/mol. The molecule has 1 aromatic heterocycles. The van der Waals surface area contributed by atoms with Gasteiger partial charge in [-0.25, -0.2) is 4.98 Å². The Morgan fingerprint density at radius 3 is 3.04 bits per heavy atom. The predicted octanol–water partition coefficient (Wildman–Crippen LogP) is 2.64. The average Bonchev–Trinajstić information content (AvgIpc) is 3.14. The van der Waals surface area contributed by atoms with Gasteiger partial charge in [0.1, 0.15) is 5.82 Å². The maximum atomic E-state index is 12.7. The molecule has 1 aromatic rings. The highest BCUT2D eigenvalue weighted by atomic mass is 16.5. The smallest absolute Gasteiger partial charge is 0.224 e. The van der Waals surface area contributed by atoms with E-state index in [9.17, 15) is 4.79 Å². The van der Waals surface area contributed by atoms with Crippen LogP contribution in [0.5, 0.6) is 0 Å². The van der Waals surface area contributed by atoms with Crippen LogP contribution in [0.15, 0.2) is 12.4 Å². The van der Waals surface area contributed by atoms with E-state index in [-0.39, 0.29) is 5.41 Å². The summed E-state index contributed by atoms with van der Waals surface area (Å²) in [6.07, 6.45) is 9.98. The van der Waals surface area contributed by atoms with Crippen molar-refractivity contribution in [3.63, 3.8) is 0 Å². The lowest BCUT2D eigenvalue weighted by Crippen LogP contribution is -2.46. The number of methoxy groups -OCH3 is 1. The number of carbonyl (C=O) groups excluding carboxylic acids is 1. The Balaban J connectivity index is 1.60. The molecule has 2 aliphatic rings. The largest absolute Gasteiger partial charge is 0.381 e. The number of likely N-dealkylation sites (tertiary alicyclic amines) is 1. The molecule has 1 aliphatic heterocycles. The van der Waals surface area contributed by atoms with Crippen molar-refractivity contribution in [2.45, 2.75) is 71.1 Å². The molecule has 0 N–H and O–H groups in total. The third-order valence-electron chi connectivity index (χ3n) is 5.90. The molecule has 2 heterocycles. The number of rotatable bonds is 5. The number of hydrogen-bond donors (Lipinski definition) is 0. The van der Waals surface area contributed by atoms with Crippen LogP contribution in [0.25, 0.3) is 0 Å². The standard InChI is InChI=1S/C18H29N3O2/c1-4-16-19-9-12-20(16)10-7-17(22)21-11-8-18(2)13-14(23-3)5-6-15(18)21/h9,12,14-15H,4-8,10-11,13H2,1-3H3/t14-,15-,18+/m1/s1. The molecule has 5 heteroatoms. The quantitative estimate of drug-likeness (QED) is 0.838. The van der Waals surface area contributed by atoms with Gasteiger partial charge in [0, 0.05) is 51.5 Å². The fraction of sp³-hybridized carbons (Fsp3) is 0.778. The number of amides is 1. The van der Waals surface area contributed by atoms with Gasteiger partial charge in [0.25, 0.3) is 0 Å². The fourth-order valence-corrected chi connectivity index (χ4v) is 4.50. The minimum Gasteiger partial charge on any atom is -0.381 e. The van der Waals surface area contributed by atoms with Crippen LogP contribution < -0.4 is 0 Å². The van der Waals surface area contributed by atoms with Crippen molar-refractivity contribution in [2.24, 2.45) is 5.41 Å². The van der Waals surface area contributed by atoms with Crippen molar-refractivity contribution in [1.29, 1.82) is 0 Å². The summed E-state index contributed by atoms with van der Waals surface area (Å²) in [7, 11) is 1.81. The number of imidazole rings is 1. The van der Waals surface area contributed by atoms with Crippen LogP contribution in [0.2, 0.25) is 0 Å². The first kappa shape index (κ1) is 16.5. The normalized spacial score (nSPS) is 30.5. The van der Waals surface area contributed by atoms with E-state index in [4.69, 9.17) is 4.74 Å². The molecule has 128 valence electrons. The zero-order valence-electron chi connectivity index (χ0n) is 14.6. The Kier molecular flexibility index (Phi) is 4.76. The molecule has 0 spiro atoms. The molecule has 0 bridgehead atoms. The van der Waals surface area contributed by atoms with Crippen molar-refractivity contribution >= 4 is 5.91 Å². The molecule has 1 aliphatic carbocycles. The number of fused-ring (bicyclic) bond motifs is 1. The minimum absolute atomic E-state index is 0.234. The zero-order valence-corrected chi connectivity index (χ0v) is 14.6. The van der Waals surface area contributed by atoms with Gasteiger partial charge < -0.3 is 14.2 Å². The van der Waals surface area contributed by atoms with E-state index in [2.05, 4.69) is 28.3 Å². The molecular weight excluding hydrogens is 290 g/mol. The van der Waals surface area contributed by atoms with E-state index in [1.165, 1.54) is 0 Å². The molecule has 1 amide bonds. The van der Waals surface area contributed by atoms with Crippen LogP contribution >= 0.6 is 0 Å². The van der Waals surface area contributed by atoms with Gasteiger partial charge in [0.2, 0.25) is 5.91 Å². The van der Waals surface area contributed by atoms with E-state index in [1.807, 2.05) is 19.5 Å². The van der Waals surface area contributed by atoms with Crippen molar-refractivity contribution in [3.8, 4) is 0 Å². The molecular formula is C18H29N3O2. The average molecular weight is 319 g/mol. The van der Waals surface area contributed by atoms with Crippen LogP contribution in [-0.4, -0.2) is 46.2 Å². The van der Waals surface area contributed by atoms with Crippen molar-refractivity contribution < 1.29 is 9.53 Å². The second-order valence-electron chi connectivity index (χ2n) is 7.29. The van der Waals surface area contributed by atoms with Crippen molar-refractivity contribution in [3.05, 3.63) is 18.2 Å². The fourth-order valence-electron chi connectivity index (χ4n) is 4.50. The summed E-state index contributed by atoms with van der Waals surface area (Å²) in [5.74, 6) is 1.36. The van der Waals surface area contributed by atoms with Gasteiger partial charge in [0.05, 0.1) is 6.10 Å². The summed E-state index contributed by atoms with van der Waals surface area (Å²) in [5, 5.41) is 0. The van der Waals surface area contributed by atoms with E-state index >= 15 is 0 Å². The Hall–Kier alpha value is -1.36. The molecule has 5 nitrogen and oxygen atoms in total. The molecule has 23 heavy (non-hydrogen) atoms. The third-order valence-corrected chi connectivity index (χ3v) is 5.90. The molecule has 0 unspecified atom stereocenters. The highest BCUT2D eigenvalue weighted by Crippen LogP contribution is 2.47. The first-order valence-electron chi connectivity index (χ1n) is 8.89. The maximum Gasteiger partial charge on any atom is 0.224 e. The number of carbonyl (C=O) groups is 1. The van der Waals surface area contributed by atoms with Gasteiger partial charge in [-0.15, -0.1) is 0 Å². The van der Waals surface area contributed by atoms with Gasteiger partial charge in [-0.2, -0.15) is 0 Å². The third kappa shape index (κ3) is 3.16. The topological polar surface area (TPSA) is 47.4 Å². The Morgan fingerprint density at radius 2 is 2.30 bits per heavy atom. The zero-order chi connectivity index (χ0) is 16.4. The number of aryl methyl sites for hydroxylation is 2. The first-order valence-corrected chi connectivity index (χ1v) is 8.89. The lowest BCUT2D eigenvalue weighted by atomic mass is 9.71. The molecule has 0 aromatic carbocycles. The summed E-state index contributed by atoms with van der Waals surface area (Å²) in [6.45, 7) is 6.08. The van der Waals surface area contributed by atoms with Crippen molar-refractivity contribution in [2.75, 3.05) is 13.7 Å². The first-order chi connectivity index (χ1) is 11.1. The Labute approximate surface area is 139 Å². The highest BCUT2D eigenvalue weighted by molar-refractivity contribution is 5.77. The second kappa shape index (κ2) is 6.63. The van der Waals surface area contributed by atoms with Crippen LogP contribution in [0, 0.1) is 5.41 Å². The molecule has 2 fully saturated rings. The Morgan fingerprint density at radius 1 is 1.48 bits per heavy atom. The summed E-state index contributed by atoms with van der Waals surface area (Å²) >= 11 is 0. The van der Waals surface area contributed by atoms with E-state index in [1.54, 1.807) is 0 Å². The Bertz CT molecular complexity index is 556. The number of hydrogen-bond acceptors (Lipinski definition) is 3. The van der Waals surface area contributed by atoms with E-state index in [0.29, 0.717) is 24.5 Å².